The molecule has 0 saturated carbocycles. The summed E-state index contributed by atoms with van der Waals surface area (Å²) in [6.07, 6.45) is 0. The number of hydrogen-bond donors (Lipinski definition) is 1. The van der Waals surface area contributed by atoms with Crippen LogP contribution in [0.5, 0.6) is 0 Å². The molecule has 0 aliphatic rings. The van der Waals surface area contributed by atoms with Gasteiger partial charge in [-0.05, 0) is 53.6 Å². The molecule has 2 aromatic heterocycles. The zero-order chi connectivity index (χ0) is 26.1. The van der Waals surface area contributed by atoms with E-state index in [1.807, 2.05) is 12.1 Å². The van der Waals surface area contributed by atoms with Crippen LogP contribution < -0.4 is 32.6 Å². The molecule has 38 heavy (non-hydrogen) atoms. The molecular weight excluding hydrogens is 493 g/mol. The highest BCUT2D eigenvalue weighted by Gasteiger charge is 2.17. The maximum Gasteiger partial charge on any atom is 0.113 e. The first-order chi connectivity index (χ1) is 18.4. The predicted molar refractivity (Wildman–Crippen MR) is 174 cm³/mol. The summed E-state index contributed by atoms with van der Waals surface area (Å²) in [5.74, 6) is 0. The molecule has 5 aromatic carbocycles. The van der Waals surface area contributed by atoms with Gasteiger partial charge in [-0.15, -0.1) is 39.1 Å². The Bertz CT molecular complexity index is 2050. The lowest BCUT2D eigenvalue weighted by atomic mass is 9.59. The van der Waals surface area contributed by atoms with Gasteiger partial charge in [0.25, 0.3) is 0 Å². The number of hydrogen-bond acceptors (Lipinski definition) is 3. The zero-order valence-electron chi connectivity index (χ0n) is 20.2. The highest BCUT2D eigenvalue weighted by molar-refractivity contribution is 7.26. The molecule has 0 aliphatic carbocycles. The number of anilines is 2. The Hall–Kier alpha value is -3.34. The second-order valence-corrected chi connectivity index (χ2v) is 11.5. The van der Waals surface area contributed by atoms with Crippen LogP contribution in [-0.2, 0) is 0 Å². The van der Waals surface area contributed by atoms with Crippen molar-refractivity contribution in [3.63, 3.8) is 0 Å². The first-order valence-corrected chi connectivity index (χ1v) is 13.7. The van der Waals surface area contributed by atoms with E-state index in [-0.39, 0.29) is 16.4 Å². The van der Waals surface area contributed by atoms with Gasteiger partial charge in [-0.2, -0.15) is 0 Å². The fraction of sp³-hybridized carbons (Fsp3) is 0. The minimum atomic E-state index is 0.216. The average Bonchev–Trinajstić information content (AvgIpc) is 3.49. The Labute approximate surface area is 235 Å². The summed E-state index contributed by atoms with van der Waals surface area (Å²) in [5.41, 5.74) is 4.93. The molecule has 1 N–H and O–H groups in total. The number of rotatable bonds is 3. The van der Waals surface area contributed by atoms with Crippen molar-refractivity contribution in [2.75, 3.05) is 5.32 Å². The molecule has 8 heteroatoms. The molecule has 0 bridgehead atoms. The molecule has 10 radical (unpaired) electrons. The first-order valence-electron chi connectivity index (χ1n) is 12.1. The zero-order valence-corrected chi connectivity index (χ0v) is 21.8. The van der Waals surface area contributed by atoms with Crippen LogP contribution in [0.15, 0.2) is 78.9 Å². The monoisotopic (exact) mass is 507 g/mol. The van der Waals surface area contributed by atoms with Gasteiger partial charge in [0.2, 0.25) is 0 Å². The Kier molecular flexibility index (Phi) is 5.54. The quantitative estimate of drug-likeness (QED) is 0.360. The SMILES string of the molecule is [B]c1c([B])c([B])c(-c2cccc3sc4ccc(Nc5ccc6c(c5)sc5ccccc56)cc4c23)c([B])c1[B]. The van der Waals surface area contributed by atoms with Crippen molar-refractivity contribution in [2.24, 2.45) is 0 Å². The molecule has 0 amide bonds. The Morgan fingerprint density at radius 2 is 1.08 bits per heavy atom. The molecule has 0 aliphatic heterocycles. The van der Waals surface area contributed by atoms with Gasteiger partial charge < -0.3 is 5.32 Å². The maximum absolute atomic E-state index is 6.45. The molecule has 1 nitrogen and oxygen atoms in total. The van der Waals surface area contributed by atoms with E-state index >= 15 is 0 Å². The van der Waals surface area contributed by atoms with Gasteiger partial charge >= 0.3 is 0 Å². The topological polar surface area (TPSA) is 12.0 Å². The van der Waals surface area contributed by atoms with Crippen molar-refractivity contribution in [2.45, 2.75) is 0 Å². The minimum Gasteiger partial charge on any atom is -0.355 e. The van der Waals surface area contributed by atoms with E-state index in [1.165, 1.54) is 20.2 Å². The fourth-order valence-electron chi connectivity index (χ4n) is 5.22. The highest BCUT2D eigenvalue weighted by Crippen LogP contribution is 2.41. The average molecular weight is 507 g/mol. The number of benzene rings is 5. The van der Waals surface area contributed by atoms with Gasteiger partial charge in [0.15, 0.2) is 0 Å². The molecule has 0 fully saturated rings. The number of nitrogens with one attached hydrogen (secondary N) is 1. The van der Waals surface area contributed by atoms with Crippen molar-refractivity contribution in [1.82, 2.24) is 0 Å². The van der Waals surface area contributed by atoms with E-state index in [9.17, 15) is 0 Å². The molecule has 7 aromatic rings. The number of fused-ring (bicyclic) bond motifs is 6. The molecule has 0 unspecified atom stereocenters. The Morgan fingerprint density at radius 1 is 0.474 bits per heavy atom. The van der Waals surface area contributed by atoms with Crippen LogP contribution in [0.2, 0.25) is 0 Å². The largest absolute Gasteiger partial charge is 0.355 e. The summed E-state index contributed by atoms with van der Waals surface area (Å²) in [5, 5.41) is 8.32. The van der Waals surface area contributed by atoms with Crippen LogP contribution in [0.25, 0.3) is 51.5 Å². The van der Waals surface area contributed by atoms with Gasteiger partial charge in [0, 0.05) is 51.7 Å². The normalized spacial score (nSPS) is 11.7. The molecule has 0 spiro atoms. The van der Waals surface area contributed by atoms with E-state index in [2.05, 4.69) is 72.0 Å². The third-order valence-electron chi connectivity index (χ3n) is 7.13. The van der Waals surface area contributed by atoms with Crippen molar-refractivity contribution in [1.29, 1.82) is 0 Å². The summed E-state index contributed by atoms with van der Waals surface area (Å²) in [6.45, 7) is 0. The molecule has 2 heterocycles. The summed E-state index contributed by atoms with van der Waals surface area (Å²) < 4.78 is 4.83. The number of thiophene rings is 2. The van der Waals surface area contributed by atoms with Crippen molar-refractivity contribution >= 4 is 141 Å². The first kappa shape index (κ1) is 23.8. The second-order valence-electron chi connectivity index (χ2n) is 9.37. The van der Waals surface area contributed by atoms with Gasteiger partial charge in [0.1, 0.15) is 39.2 Å². The third kappa shape index (κ3) is 3.58. The standard InChI is InChI=1S/C30H14B5NS2/c31-26-25(27(32)29(34)30(35)28(26)33)18-5-3-7-22-24(18)19-12-14(9-11-21(19)37-22)36-15-8-10-17-16-4-1-2-6-20(16)38-23(17)13-15/h1-13,36H. The summed E-state index contributed by atoms with van der Waals surface area (Å²) in [4.78, 5) is 0. The molecule has 0 atom stereocenters. The van der Waals surface area contributed by atoms with Gasteiger partial charge in [-0.25, -0.2) is 0 Å². The lowest BCUT2D eigenvalue weighted by molar-refractivity contribution is 1.61. The maximum atomic E-state index is 6.45. The van der Waals surface area contributed by atoms with Crippen molar-refractivity contribution in [3.05, 3.63) is 78.9 Å². The Morgan fingerprint density at radius 3 is 1.89 bits per heavy atom. The van der Waals surface area contributed by atoms with Gasteiger partial charge in [-0.1, -0.05) is 47.3 Å². The summed E-state index contributed by atoms with van der Waals surface area (Å²) in [6, 6.07) is 27.6. The highest BCUT2D eigenvalue weighted by atomic mass is 32.1. The molecule has 7 rings (SSSR count). The van der Waals surface area contributed by atoms with Crippen LogP contribution >= 0.6 is 22.7 Å². The lowest BCUT2D eigenvalue weighted by Crippen LogP contribution is -2.55. The van der Waals surface area contributed by atoms with Gasteiger partial charge in [-0.3, -0.25) is 0 Å². The van der Waals surface area contributed by atoms with E-state index < -0.39 is 0 Å². The van der Waals surface area contributed by atoms with E-state index in [4.69, 9.17) is 39.2 Å². The van der Waals surface area contributed by atoms with E-state index in [0.29, 0.717) is 16.5 Å². The molecular formula is C30H14B5NS2. The summed E-state index contributed by atoms with van der Waals surface area (Å²) in [7, 11) is 31.3. The van der Waals surface area contributed by atoms with Crippen LogP contribution in [-0.4, -0.2) is 39.2 Å². The van der Waals surface area contributed by atoms with Crippen LogP contribution in [0, 0.1) is 0 Å². The smallest absolute Gasteiger partial charge is 0.113 e. The van der Waals surface area contributed by atoms with Crippen LogP contribution in [0.3, 0.4) is 0 Å². The molecule has 0 saturated heterocycles. The van der Waals surface area contributed by atoms with Gasteiger partial charge in [0.05, 0.1) is 0 Å². The van der Waals surface area contributed by atoms with Crippen molar-refractivity contribution < 1.29 is 0 Å². The predicted octanol–water partition coefficient (Wildman–Crippen LogP) is 3.80. The second kappa shape index (κ2) is 8.86. The summed E-state index contributed by atoms with van der Waals surface area (Å²) >= 11 is 3.52. The fourth-order valence-corrected chi connectivity index (χ4v) is 7.48. The minimum absolute atomic E-state index is 0.216. The molecule has 166 valence electrons. The lowest BCUT2D eigenvalue weighted by Gasteiger charge is -2.22. The van der Waals surface area contributed by atoms with Crippen LogP contribution in [0.1, 0.15) is 0 Å². The Balaban J connectivity index is 1.38. The van der Waals surface area contributed by atoms with E-state index in [0.717, 1.165) is 37.1 Å². The third-order valence-corrected chi connectivity index (χ3v) is 9.40. The van der Waals surface area contributed by atoms with Crippen LogP contribution in [0.4, 0.5) is 11.4 Å². The van der Waals surface area contributed by atoms with E-state index in [1.54, 1.807) is 22.7 Å². The van der Waals surface area contributed by atoms with Crippen molar-refractivity contribution in [3.8, 4) is 11.1 Å².